The molecule has 4 aromatic rings. The topological polar surface area (TPSA) is 106 Å². The highest BCUT2D eigenvalue weighted by Gasteiger charge is 2.12. The first kappa shape index (κ1) is 23.5. The van der Waals surface area contributed by atoms with Crippen LogP contribution in [0.25, 0.3) is 22.9 Å². The summed E-state index contributed by atoms with van der Waals surface area (Å²) in [6, 6.07) is 20.4. The van der Waals surface area contributed by atoms with E-state index in [9.17, 15) is 24.6 Å². The Bertz CT molecular complexity index is 1460. The lowest BCUT2D eigenvalue weighted by Gasteiger charge is -2.06. The number of ether oxygens (including phenoxy) is 1. The first-order valence-corrected chi connectivity index (χ1v) is 11.1. The Morgan fingerprint density at radius 3 is 2.57 bits per heavy atom. The molecule has 0 aliphatic rings. The van der Waals surface area contributed by atoms with Crippen LogP contribution >= 0.6 is 11.3 Å². The molecular formula is C26H16FN3O4S. The van der Waals surface area contributed by atoms with Gasteiger partial charge in [0.25, 0.3) is 5.69 Å². The highest BCUT2D eigenvalue weighted by atomic mass is 32.1. The number of Topliss-reactive ketones (excluding diaryl/α,β-unsaturated/α-hetero) is 1. The van der Waals surface area contributed by atoms with E-state index in [0.717, 1.165) is 5.56 Å². The molecule has 1 heterocycles. The van der Waals surface area contributed by atoms with Gasteiger partial charge in [-0.25, -0.2) is 9.37 Å². The molecule has 172 valence electrons. The lowest BCUT2D eigenvalue weighted by Crippen LogP contribution is -2.11. The van der Waals surface area contributed by atoms with Gasteiger partial charge in [-0.15, -0.1) is 11.3 Å². The van der Waals surface area contributed by atoms with Crippen molar-refractivity contribution < 1.29 is 18.8 Å². The van der Waals surface area contributed by atoms with Crippen molar-refractivity contribution in [2.45, 2.75) is 0 Å². The molecule has 35 heavy (non-hydrogen) atoms. The fraction of sp³-hybridized carbons (Fsp3) is 0.0385. The van der Waals surface area contributed by atoms with Crippen molar-refractivity contribution in [3.8, 4) is 23.1 Å². The quantitative estimate of drug-likeness (QED) is 0.128. The monoisotopic (exact) mass is 485 g/mol. The molecule has 0 amide bonds. The third kappa shape index (κ3) is 5.82. The van der Waals surface area contributed by atoms with Crippen LogP contribution in [0.5, 0.6) is 5.75 Å². The molecule has 0 saturated carbocycles. The minimum atomic E-state index is -0.469. The van der Waals surface area contributed by atoms with Crippen LogP contribution in [0.4, 0.5) is 10.1 Å². The van der Waals surface area contributed by atoms with Crippen LogP contribution in [0.3, 0.4) is 0 Å². The van der Waals surface area contributed by atoms with Crippen molar-refractivity contribution in [3.05, 3.63) is 110 Å². The summed E-state index contributed by atoms with van der Waals surface area (Å²) in [4.78, 5) is 27.2. The third-order valence-electron chi connectivity index (χ3n) is 4.94. The molecule has 0 spiro atoms. The van der Waals surface area contributed by atoms with Gasteiger partial charge < -0.3 is 4.74 Å². The second-order valence-electron chi connectivity index (χ2n) is 7.30. The van der Waals surface area contributed by atoms with Gasteiger partial charge >= 0.3 is 0 Å². The van der Waals surface area contributed by atoms with Crippen LogP contribution in [0, 0.1) is 27.3 Å². The Labute approximate surface area is 203 Å². The summed E-state index contributed by atoms with van der Waals surface area (Å²) >= 11 is 1.27. The van der Waals surface area contributed by atoms with E-state index in [1.165, 1.54) is 47.7 Å². The maximum atomic E-state index is 13.0. The lowest BCUT2D eigenvalue weighted by atomic mass is 10.1. The van der Waals surface area contributed by atoms with E-state index in [1.807, 2.05) is 0 Å². The summed E-state index contributed by atoms with van der Waals surface area (Å²) in [6.45, 7) is -0.191. The number of nitriles is 1. The van der Waals surface area contributed by atoms with Crippen LogP contribution in [0.2, 0.25) is 0 Å². The zero-order chi connectivity index (χ0) is 24.8. The zero-order valence-electron chi connectivity index (χ0n) is 18.1. The van der Waals surface area contributed by atoms with Crippen molar-refractivity contribution >= 4 is 34.5 Å². The number of halogens is 1. The Morgan fingerprint density at radius 2 is 1.89 bits per heavy atom. The van der Waals surface area contributed by atoms with Crippen LogP contribution in [0.1, 0.15) is 20.9 Å². The average Bonchev–Trinajstić information content (AvgIpc) is 3.37. The number of allylic oxidation sites excluding steroid dienone is 1. The van der Waals surface area contributed by atoms with Gasteiger partial charge in [0.05, 0.1) is 16.2 Å². The predicted molar refractivity (Wildman–Crippen MR) is 130 cm³/mol. The van der Waals surface area contributed by atoms with Gasteiger partial charge in [0.15, 0.2) is 12.4 Å². The maximum absolute atomic E-state index is 13.0. The molecule has 7 nitrogen and oxygen atoms in total. The number of nitrogens with zero attached hydrogens (tertiary/aromatic N) is 3. The minimum Gasteiger partial charge on any atom is -0.485 e. The van der Waals surface area contributed by atoms with Crippen LogP contribution in [-0.4, -0.2) is 22.3 Å². The maximum Gasteiger partial charge on any atom is 0.270 e. The van der Waals surface area contributed by atoms with Crippen LogP contribution in [-0.2, 0) is 0 Å². The number of carbonyl (C=O) groups is 1. The number of hydrogen-bond donors (Lipinski definition) is 0. The van der Waals surface area contributed by atoms with Gasteiger partial charge in [-0.2, -0.15) is 5.26 Å². The number of nitro groups is 1. The number of rotatable bonds is 8. The molecule has 3 aromatic carbocycles. The highest BCUT2D eigenvalue weighted by molar-refractivity contribution is 7.11. The number of aromatic nitrogens is 1. The fourth-order valence-corrected chi connectivity index (χ4v) is 3.94. The number of thiazole rings is 1. The number of nitro benzene ring substituents is 1. The molecule has 0 fully saturated rings. The molecule has 4 rings (SSSR count). The Hall–Kier alpha value is -4.68. The van der Waals surface area contributed by atoms with E-state index in [4.69, 9.17) is 4.74 Å². The van der Waals surface area contributed by atoms with E-state index >= 15 is 0 Å². The summed E-state index contributed by atoms with van der Waals surface area (Å²) < 4.78 is 18.5. The standard InChI is InChI=1S/C26H16FN3O4S/c27-21-8-6-18(7-9-21)25(31)15-34-23-10-4-17(5-11-23)12-20(14-28)26-29-24(16-35-26)19-2-1-3-22(13-19)30(32)33/h1-13,16H,15H2/b20-12+. The van der Waals surface area contributed by atoms with E-state index in [-0.39, 0.29) is 18.1 Å². The molecule has 0 saturated heterocycles. The fourth-order valence-electron chi connectivity index (χ4n) is 3.15. The SMILES string of the molecule is N#C/C(=C\c1ccc(OCC(=O)c2ccc(F)cc2)cc1)c1nc(-c2cccc([N+](=O)[O-])c2)cs1. The molecular weight excluding hydrogens is 469 g/mol. The molecule has 9 heteroatoms. The first-order valence-electron chi connectivity index (χ1n) is 10.3. The second kappa shape index (κ2) is 10.5. The Morgan fingerprint density at radius 1 is 1.14 bits per heavy atom. The number of ketones is 1. The van der Waals surface area contributed by atoms with Gasteiger partial charge in [-0.1, -0.05) is 24.3 Å². The Kier molecular flexibility index (Phi) is 7.04. The minimum absolute atomic E-state index is 0.0326. The number of hydrogen-bond acceptors (Lipinski definition) is 7. The zero-order valence-corrected chi connectivity index (χ0v) is 18.9. The normalized spacial score (nSPS) is 11.0. The van der Waals surface area contributed by atoms with E-state index in [1.54, 1.807) is 47.9 Å². The second-order valence-corrected chi connectivity index (χ2v) is 8.16. The molecule has 0 aliphatic heterocycles. The van der Waals surface area contributed by atoms with E-state index in [0.29, 0.717) is 33.2 Å². The molecule has 0 N–H and O–H groups in total. The van der Waals surface area contributed by atoms with E-state index in [2.05, 4.69) is 11.1 Å². The van der Waals surface area contributed by atoms with Crippen LogP contribution < -0.4 is 4.74 Å². The molecule has 0 radical (unpaired) electrons. The summed E-state index contributed by atoms with van der Waals surface area (Å²) in [5.41, 5.74) is 2.53. The van der Waals surface area contributed by atoms with E-state index < -0.39 is 10.7 Å². The lowest BCUT2D eigenvalue weighted by molar-refractivity contribution is -0.384. The van der Waals surface area contributed by atoms with Crippen molar-refractivity contribution in [1.29, 1.82) is 5.26 Å². The first-order chi connectivity index (χ1) is 16.9. The highest BCUT2D eigenvalue weighted by Crippen LogP contribution is 2.29. The Balaban J connectivity index is 1.45. The van der Waals surface area contributed by atoms with Crippen LogP contribution in [0.15, 0.2) is 78.2 Å². The molecule has 0 aliphatic carbocycles. The summed E-state index contributed by atoms with van der Waals surface area (Å²) in [5.74, 6) is -0.219. The number of non-ortho nitro benzene ring substituents is 1. The molecule has 0 unspecified atom stereocenters. The predicted octanol–water partition coefficient (Wildman–Crippen LogP) is 6.18. The number of carbonyl (C=O) groups excluding carboxylic acids is 1. The van der Waals surface area contributed by atoms with Crippen molar-refractivity contribution in [3.63, 3.8) is 0 Å². The summed E-state index contributed by atoms with van der Waals surface area (Å²) in [7, 11) is 0. The smallest absolute Gasteiger partial charge is 0.270 e. The summed E-state index contributed by atoms with van der Waals surface area (Å²) in [5, 5.41) is 22.9. The van der Waals surface area contributed by atoms with Gasteiger partial charge in [0.2, 0.25) is 0 Å². The van der Waals surface area contributed by atoms with Crippen molar-refractivity contribution in [2.75, 3.05) is 6.61 Å². The average molecular weight is 485 g/mol. The van der Waals surface area contributed by atoms with Gasteiger partial charge in [0, 0.05) is 28.6 Å². The molecule has 0 bridgehead atoms. The largest absolute Gasteiger partial charge is 0.485 e. The third-order valence-corrected chi connectivity index (χ3v) is 5.81. The molecule has 1 aromatic heterocycles. The summed E-state index contributed by atoms with van der Waals surface area (Å²) in [6.07, 6.45) is 1.67. The number of benzene rings is 3. The van der Waals surface area contributed by atoms with Crippen molar-refractivity contribution in [2.24, 2.45) is 0 Å². The van der Waals surface area contributed by atoms with Gasteiger partial charge in [-0.05, 0) is 48.0 Å². The van der Waals surface area contributed by atoms with Gasteiger partial charge in [-0.3, -0.25) is 14.9 Å². The van der Waals surface area contributed by atoms with Crippen molar-refractivity contribution in [1.82, 2.24) is 4.98 Å². The van der Waals surface area contributed by atoms with Gasteiger partial charge in [0.1, 0.15) is 22.6 Å². The molecule has 0 atom stereocenters.